The van der Waals surface area contributed by atoms with Crippen LogP contribution in [0.15, 0.2) is 11.5 Å². The third-order valence-electron chi connectivity index (χ3n) is 2.03. The number of nitrogens with zero attached hydrogens (tertiary/aromatic N) is 3. The topological polar surface area (TPSA) is 79.0 Å². The summed E-state index contributed by atoms with van der Waals surface area (Å²) >= 11 is 0. The lowest BCUT2D eigenvalue weighted by Crippen LogP contribution is -2.28. The summed E-state index contributed by atoms with van der Waals surface area (Å²) in [5.41, 5.74) is 0. The van der Waals surface area contributed by atoms with E-state index in [9.17, 15) is 8.42 Å². The highest BCUT2D eigenvalue weighted by Gasteiger charge is 2.29. The number of sulfonamides is 1. The molecule has 2 rings (SSSR count). The van der Waals surface area contributed by atoms with Gasteiger partial charge in [-0.25, -0.2) is 13.4 Å². The number of aromatic amines is 1. The molecule has 1 aliphatic rings. The van der Waals surface area contributed by atoms with E-state index in [0.717, 1.165) is 12.8 Å². The maximum absolute atomic E-state index is 11.7. The van der Waals surface area contributed by atoms with Crippen LogP contribution in [-0.4, -0.2) is 41.0 Å². The van der Waals surface area contributed by atoms with Gasteiger partial charge in [0.1, 0.15) is 6.33 Å². The van der Waals surface area contributed by atoms with Crippen LogP contribution in [0.4, 0.5) is 0 Å². The van der Waals surface area contributed by atoms with Gasteiger partial charge in [0.25, 0.3) is 15.2 Å². The van der Waals surface area contributed by atoms with Gasteiger partial charge in [-0.05, 0) is 12.8 Å². The fourth-order valence-electron chi connectivity index (χ4n) is 1.37. The molecule has 0 aromatic carbocycles. The zero-order valence-electron chi connectivity index (χ0n) is 6.97. The second kappa shape index (κ2) is 3.08. The molecule has 0 amide bonds. The van der Waals surface area contributed by atoms with Crippen LogP contribution in [0.3, 0.4) is 0 Å². The quantitative estimate of drug-likeness (QED) is 0.707. The van der Waals surface area contributed by atoms with E-state index in [1.54, 1.807) is 0 Å². The van der Waals surface area contributed by atoms with Crippen LogP contribution in [0.5, 0.6) is 0 Å². The number of aromatic nitrogens is 3. The van der Waals surface area contributed by atoms with Crippen molar-refractivity contribution in [2.45, 2.75) is 18.0 Å². The first kappa shape index (κ1) is 8.64. The molecule has 7 heteroatoms. The monoisotopic (exact) mass is 202 g/mol. The number of nitrogens with one attached hydrogen (secondary N) is 1. The Balaban J connectivity index is 2.30. The van der Waals surface area contributed by atoms with Crippen molar-refractivity contribution in [2.75, 3.05) is 13.1 Å². The first-order valence-corrected chi connectivity index (χ1v) is 5.51. The predicted octanol–water partition coefficient (Wildman–Crippen LogP) is -0.411. The van der Waals surface area contributed by atoms with Gasteiger partial charge in [0.2, 0.25) is 0 Å². The summed E-state index contributed by atoms with van der Waals surface area (Å²) in [5, 5.41) is 5.83. The average Bonchev–Trinajstić information content (AvgIpc) is 2.78. The lowest BCUT2D eigenvalue weighted by Gasteiger charge is -2.11. The lowest BCUT2D eigenvalue weighted by atomic mass is 10.4. The molecule has 1 fully saturated rings. The summed E-state index contributed by atoms with van der Waals surface area (Å²) in [6.45, 7) is 1.16. The van der Waals surface area contributed by atoms with Crippen molar-refractivity contribution in [3.8, 4) is 0 Å². The minimum absolute atomic E-state index is 0.130. The normalized spacial score (nSPS) is 19.4. The van der Waals surface area contributed by atoms with E-state index < -0.39 is 10.0 Å². The largest absolute Gasteiger partial charge is 0.282 e. The number of H-pyrrole nitrogens is 1. The van der Waals surface area contributed by atoms with Crippen LogP contribution in [-0.2, 0) is 10.0 Å². The minimum atomic E-state index is -3.42. The summed E-state index contributed by atoms with van der Waals surface area (Å²) in [6.07, 6.45) is 3.11. The standard InChI is InChI=1S/C6H10N4O2S/c11-13(12,6-7-5-8-9-6)10-3-1-2-4-10/h5H,1-4H2,(H,7,8,9). The Kier molecular flexibility index (Phi) is 2.04. The van der Waals surface area contributed by atoms with E-state index >= 15 is 0 Å². The highest BCUT2D eigenvalue weighted by molar-refractivity contribution is 7.88. The van der Waals surface area contributed by atoms with Gasteiger partial charge >= 0.3 is 0 Å². The van der Waals surface area contributed by atoms with Gasteiger partial charge < -0.3 is 0 Å². The van der Waals surface area contributed by atoms with Crippen molar-refractivity contribution in [3.05, 3.63) is 6.33 Å². The molecule has 0 bridgehead atoms. The van der Waals surface area contributed by atoms with Crippen LogP contribution < -0.4 is 0 Å². The van der Waals surface area contributed by atoms with E-state index in [0.29, 0.717) is 13.1 Å². The van der Waals surface area contributed by atoms with E-state index in [4.69, 9.17) is 0 Å². The highest BCUT2D eigenvalue weighted by Crippen LogP contribution is 2.16. The highest BCUT2D eigenvalue weighted by atomic mass is 32.2. The fraction of sp³-hybridized carbons (Fsp3) is 0.667. The Hall–Kier alpha value is -0.950. The molecule has 0 aliphatic carbocycles. The molecule has 2 heterocycles. The first-order valence-electron chi connectivity index (χ1n) is 4.07. The SMILES string of the molecule is O=S(=O)(c1nc[nH]n1)N1CCCC1. The molecule has 1 N–H and O–H groups in total. The van der Waals surface area contributed by atoms with Crippen molar-refractivity contribution in [1.29, 1.82) is 0 Å². The predicted molar refractivity (Wildman–Crippen MR) is 44.4 cm³/mol. The van der Waals surface area contributed by atoms with Crippen LogP contribution in [0.1, 0.15) is 12.8 Å². The first-order chi connectivity index (χ1) is 6.21. The summed E-state index contributed by atoms with van der Waals surface area (Å²) in [5.74, 6) is 0. The van der Waals surface area contributed by atoms with Crippen molar-refractivity contribution >= 4 is 10.0 Å². The van der Waals surface area contributed by atoms with Crippen LogP contribution >= 0.6 is 0 Å². The summed E-state index contributed by atoms with van der Waals surface area (Å²) in [7, 11) is -3.42. The zero-order chi connectivity index (χ0) is 9.31. The van der Waals surface area contributed by atoms with Gasteiger partial charge in [-0.15, -0.1) is 5.10 Å². The molecular weight excluding hydrogens is 192 g/mol. The van der Waals surface area contributed by atoms with Gasteiger partial charge in [-0.2, -0.15) is 4.31 Å². The van der Waals surface area contributed by atoms with E-state index in [1.807, 2.05) is 0 Å². The van der Waals surface area contributed by atoms with Gasteiger partial charge in [-0.1, -0.05) is 0 Å². The molecule has 13 heavy (non-hydrogen) atoms. The molecule has 1 aromatic heterocycles. The fourth-order valence-corrected chi connectivity index (χ4v) is 2.69. The molecule has 72 valence electrons. The summed E-state index contributed by atoms with van der Waals surface area (Å²) < 4.78 is 24.8. The van der Waals surface area contributed by atoms with E-state index in [1.165, 1.54) is 10.6 Å². The molecule has 1 aliphatic heterocycles. The summed E-state index contributed by atoms with van der Waals surface area (Å²) in [6, 6.07) is 0. The van der Waals surface area contributed by atoms with E-state index in [-0.39, 0.29) is 5.16 Å². The number of hydrogen-bond acceptors (Lipinski definition) is 4. The maximum atomic E-state index is 11.7. The van der Waals surface area contributed by atoms with Gasteiger partial charge in [0, 0.05) is 13.1 Å². The second-order valence-electron chi connectivity index (χ2n) is 2.89. The minimum Gasteiger partial charge on any atom is -0.265 e. The average molecular weight is 202 g/mol. The molecule has 0 unspecified atom stereocenters. The Morgan fingerprint density at radius 1 is 1.38 bits per heavy atom. The Bertz CT molecular complexity index is 365. The Morgan fingerprint density at radius 2 is 2.08 bits per heavy atom. The number of hydrogen-bond donors (Lipinski definition) is 1. The van der Waals surface area contributed by atoms with Gasteiger partial charge in [0.15, 0.2) is 0 Å². The smallest absolute Gasteiger partial charge is 0.265 e. The lowest BCUT2D eigenvalue weighted by molar-refractivity contribution is 0.471. The molecule has 0 atom stereocenters. The number of rotatable bonds is 2. The molecule has 0 spiro atoms. The van der Waals surface area contributed by atoms with Crippen molar-refractivity contribution in [2.24, 2.45) is 0 Å². The molecule has 1 aromatic rings. The van der Waals surface area contributed by atoms with Crippen molar-refractivity contribution in [3.63, 3.8) is 0 Å². The summed E-state index contributed by atoms with van der Waals surface area (Å²) in [4.78, 5) is 3.64. The maximum Gasteiger partial charge on any atom is 0.282 e. The Labute approximate surface area is 76.0 Å². The van der Waals surface area contributed by atoms with Gasteiger partial charge in [-0.3, -0.25) is 5.10 Å². The third-order valence-corrected chi connectivity index (χ3v) is 3.73. The van der Waals surface area contributed by atoms with Crippen LogP contribution in [0.2, 0.25) is 0 Å². The van der Waals surface area contributed by atoms with Crippen LogP contribution in [0, 0.1) is 0 Å². The van der Waals surface area contributed by atoms with Crippen LogP contribution in [0.25, 0.3) is 0 Å². The molecule has 6 nitrogen and oxygen atoms in total. The Morgan fingerprint density at radius 3 is 2.62 bits per heavy atom. The molecule has 0 radical (unpaired) electrons. The second-order valence-corrected chi connectivity index (χ2v) is 4.72. The molecule has 0 saturated carbocycles. The van der Waals surface area contributed by atoms with E-state index in [2.05, 4.69) is 15.2 Å². The molecule has 1 saturated heterocycles. The molecular formula is C6H10N4O2S. The zero-order valence-corrected chi connectivity index (χ0v) is 7.79. The van der Waals surface area contributed by atoms with Gasteiger partial charge in [0.05, 0.1) is 0 Å². The van der Waals surface area contributed by atoms with Crippen molar-refractivity contribution < 1.29 is 8.42 Å². The third kappa shape index (κ3) is 1.44. The van der Waals surface area contributed by atoms with Crippen molar-refractivity contribution in [1.82, 2.24) is 19.5 Å².